The molecule has 2 aromatic heterocycles. The van der Waals surface area contributed by atoms with E-state index in [0.29, 0.717) is 28.2 Å². The molecule has 1 fully saturated rings. The lowest BCUT2D eigenvalue weighted by atomic mass is 10.1. The topological polar surface area (TPSA) is 78.9 Å². The van der Waals surface area contributed by atoms with Gasteiger partial charge in [-0.15, -0.1) is 0 Å². The Hall–Kier alpha value is -3.32. The number of fused-ring (bicyclic) bond motifs is 1. The third-order valence-electron chi connectivity index (χ3n) is 5.67. The van der Waals surface area contributed by atoms with Gasteiger partial charge < -0.3 is 10.5 Å². The summed E-state index contributed by atoms with van der Waals surface area (Å²) in [6, 6.07) is 17.7. The third-order valence-corrected chi connectivity index (χ3v) is 6.10. The number of nitrogens with two attached hydrogens (primary N) is 1. The standard InChI is InChI=1S/C24H23N5OS/c1-15-26-23(25)20-21(28-29(24(20)27-15)17-7-5-6-8-17)22(31)16-11-13-19(14-12-16)30-18-9-3-2-4-10-18/h2-4,9-14,17H,5-8H2,1H3,(H2,25,26,27). The maximum absolute atomic E-state index is 6.31. The highest BCUT2D eigenvalue weighted by atomic mass is 32.1. The third kappa shape index (κ3) is 3.77. The molecule has 0 aliphatic heterocycles. The van der Waals surface area contributed by atoms with Crippen molar-refractivity contribution in [3.05, 3.63) is 71.7 Å². The summed E-state index contributed by atoms with van der Waals surface area (Å²) in [4.78, 5) is 9.67. The van der Waals surface area contributed by atoms with E-state index in [4.69, 9.17) is 27.8 Å². The van der Waals surface area contributed by atoms with Crippen LogP contribution in [0.2, 0.25) is 0 Å². The van der Waals surface area contributed by atoms with Gasteiger partial charge in [0.15, 0.2) is 5.65 Å². The zero-order chi connectivity index (χ0) is 21.4. The summed E-state index contributed by atoms with van der Waals surface area (Å²) in [6.45, 7) is 1.85. The van der Waals surface area contributed by atoms with E-state index in [0.717, 1.165) is 40.9 Å². The van der Waals surface area contributed by atoms with E-state index in [9.17, 15) is 0 Å². The number of hydrogen-bond acceptors (Lipinski definition) is 6. The van der Waals surface area contributed by atoms with Gasteiger partial charge in [0.25, 0.3) is 0 Å². The van der Waals surface area contributed by atoms with Gasteiger partial charge in [0, 0.05) is 0 Å². The van der Waals surface area contributed by atoms with E-state index >= 15 is 0 Å². The molecule has 2 heterocycles. The Morgan fingerprint density at radius 2 is 1.68 bits per heavy atom. The van der Waals surface area contributed by atoms with E-state index in [1.165, 1.54) is 12.8 Å². The minimum Gasteiger partial charge on any atom is -0.457 e. The van der Waals surface area contributed by atoms with Gasteiger partial charge in [-0.25, -0.2) is 14.6 Å². The van der Waals surface area contributed by atoms with Crippen LogP contribution in [0.4, 0.5) is 5.82 Å². The van der Waals surface area contributed by atoms with E-state index < -0.39 is 0 Å². The highest BCUT2D eigenvalue weighted by molar-refractivity contribution is 7.81. The predicted octanol–water partition coefficient (Wildman–Crippen LogP) is 5.39. The Morgan fingerprint density at radius 3 is 2.39 bits per heavy atom. The highest BCUT2D eigenvalue weighted by Crippen LogP contribution is 2.34. The van der Waals surface area contributed by atoms with Crippen molar-refractivity contribution in [1.29, 1.82) is 0 Å². The second kappa shape index (κ2) is 8.07. The largest absolute Gasteiger partial charge is 0.457 e. The molecule has 4 aromatic rings. The average molecular weight is 430 g/mol. The molecule has 5 rings (SSSR count). The molecule has 31 heavy (non-hydrogen) atoms. The van der Waals surface area contributed by atoms with Crippen LogP contribution in [0.3, 0.4) is 0 Å². The van der Waals surface area contributed by atoms with Gasteiger partial charge in [0.05, 0.1) is 16.3 Å². The summed E-state index contributed by atoms with van der Waals surface area (Å²) in [5.41, 5.74) is 8.64. The Morgan fingerprint density at radius 1 is 1.00 bits per heavy atom. The number of benzene rings is 2. The summed E-state index contributed by atoms with van der Waals surface area (Å²) in [5, 5.41) is 5.64. The Kier molecular flexibility index (Phi) is 5.11. The normalized spacial score (nSPS) is 14.2. The van der Waals surface area contributed by atoms with Crippen LogP contribution >= 0.6 is 12.2 Å². The molecule has 6 nitrogen and oxygen atoms in total. The van der Waals surface area contributed by atoms with E-state index in [1.807, 2.05) is 66.2 Å². The lowest BCUT2D eigenvalue weighted by Crippen LogP contribution is -2.09. The highest BCUT2D eigenvalue weighted by Gasteiger charge is 2.26. The fraction of sp³-hybridized carbons (Fsp3) is 0.250. The van der Waals surface area contributed by atoms with Crippen molar-refractivity contribution in [1.82, 2.24) is 19.7 Å². The molecule has 2 N–H and O–H groups in total. The van der Waals surface area contributed by atoms with Gasteiger partial charge >= 0.3 is 0 Å². The number of ether oxygens (including phenoxy) is 1. The van der Waals surface area contributed by atoms with Crippen LogP contribution in [0.15, 0.2) is 54.6 Å². The van der Waals surface area contributed by atoms with E-state index in [-0.39, 0.29) is 0 Å². The van der Waals surface area contributed by atoms with Crippen molar-refractivity contribution >= 4 is 33.9 Å². The molecule has 7 heteroatoms. The Labute approximate surface area is 186 Å². The fourth-order valence-corrected chi connectivity index (χ4v) is 4.45. The van der Waals surface area contributed by atoms with Crippen molar-refractivity contribution in [2.75, 3.05) is 5.73 Å². The van der Waals surface area contributed by atoms with Crippen LogP contribution in [0.25, 0.3) is 11.0 Å². The first-order chi connectivity index (χ1) is 15.1. The molecule has 1 aliphatic rings. The second-order valence-electron chi connectivity index (χ2n) is 7.85. The molecule has 1 aliphatic carbocycles. The molecular weight excluding hydrogens is 406 g/mol. The summed E-state index contributed by atoms with van der Waals surface area (Å²) < 4.78 is 7.91. The predicted molar refractivity (Wildman–Crippen MR) is 126 cm³/mol. The van der Waals surface area contributed by atoms with Gasteiger partial charge in [-0.3, -0.25) is 0 Å². The zero-order valence-corrected chi connectivity index (χ0v) is 18.1. The van der Waals surface area contributed by atoms with E-state index in [2.05, 4.69) is 9.97 Å². The summed E-state index contributed by atoms with van der Waals surface area (Å²) in [5.74, 6) is 2.61. The monoisotopic (exact) mass is 429 g/mol. The zero-order valence-electron chi connectivity index (χ0n) is 17.3. The van der Waals surface area contributed by atoms with Gasteiger partial charge in [-0.05, 0) is 61.7 Å². The van der Waals surface area contributed by atoms with Crippen LogP contribution in [0.5, 0.6) is 11.5 Å². The van der Waals surface area contributed by atoms with Crippen molar-refractivity contribution < 1.29 is 4.74 Å². The number of hydrogen-bond donors (Lipinski definition) is 1. The molecule has 0 saturated heterocycles. The molecule has 0 spiro atoms. The molecular formula is C24H23N5OS. The molecule has 0 unspecified atom stereocenters. The number of aromatic nitrogens is 4. The quantitative estimate of drug-likeness (QED) is 0.338. The Bertz CT molecular complexity index is 1240. The molecule has 1 saturated carbocycles. The first-order valence-corrected chi connectivity index (χ1v) is 10.9. The van der Waals surface area contributed by atoms with Crippen molar-refractivity contribution in [3.63, 3.8) is 0 Å². The first kappa shape index (κ1) is 19.6. The average Bonchev–Trinajstić information content (AvgIpc) is 3.42. The van der Waals surface area contributed by atoms with Crippen LogP contribution in [0, 0.1) is 6.92 Å². The lowest BCUT2D eigenvalue weighted by molar-refractivity contribution is 0.477. The van der Waals surface area contributed by atoms with Crippen molar-refractivity contribution in [2.24, 2.45) is 0 Å². The van der Waals surface area contributed by atoms with Gasteiger partial charge in [0.2, 0.25) is 0 Å². The maximum atomic E-state index is 6.31. The molecule has 2 aromatic carbocycles. The Balaban J connectivity index is 1.51. The lowest BCUT2D eigenvalue weighted by Gasteiger charge is -2.10. The molecule has 0 atom stereocenters. The minimum atomic E-state index is 0.328. The number of rotatable bonds is 5. The number of nitrogen functional groups attached to an aromatic ring is 1. The number of nitrogens with zero attached hydrogens (tertiary/aromatic N) is 4. The first-order valence-electron chi connectivity index (χ1n) is 10.5. The van der Waals surface area contributed by atoms with E-state index in [1.54, 1.807) is 0 Å². The summed E-state index contributed by atoms with van der Waals surface area (Å²) in [7, 11) is 0. The maximum Gasteiger partial charge on any atom is 0.164 e. The SMILES string of the molecule is Cc1nc(N)c2c(C(=S)c3ccc(Oc4ccccc4)cc3)nn(C3CCCC3)c2n1. The number of thiocarbonyl (C=S) groups is 1. The molecule has 0 bridgehead atoms. The summed E-state index contributed by atoms with van der Waals surface area (Å²) >= 11 is 5.84. The van der Waals surface area contributed by atoms with Gasteiger partial charge in [0.1, 0.15) is 28.8 Å². The van der Waals surface area contributed by atoms with Gasteiger partial charge in [-0.2, -0.15) is 5.10 Å². The number of aryl methyl sites for hydroxylation is 1. The van der Waals surface area contributed by atoms with Crippen LogP contribution in [-0.4, -0.2) is 24.6 Å². The van der Waals surface area contributed by atoms with Crippen LogP contribution in [0.1, 0.15) is 48.8 Å². The minimum absolute atomic E-state index is 0.328. The van der Waals surface area contributed by atoms with Crippen molar-refractivity contribution in [3.8, 4) is 11.5 Å². The van der Waals surface area contributed by atoms with Crippen molar-refractivity contribution in [2.45, 2.75) is 38.6 Å². The van der Waals surface area contributed by atoms with Crippen LogP contribution in [-0.2, 0) is 0 Å². The molecule has 0 amide bonds. The summed E-state index contributed by atoms with van der Waals surface area (Å²) in [6.07, 6.45) is 4.59. The van der Waals surface area contributed by atoms with Gasteiger partial charge in [-0.1, -0.05) is 43.3 Å². The number of anilines is 1. The molecule has 156 valence electrons. The molecule has 0 radical (unpaired) electrons. The fourth-order valence-electron chi connectivity index (χ4n) is 4.18. The smallest absolute Gasteiger partial charge is 0.164 e. The second-order valence-corrected chi connectivity index (χ2v) is 8.26. The van der Waals surface area contributed by atoms with Crippen LogP contribution < -0.4 is 10.5 Å². The number of para-hydroxylation sites is 1.